The van der Waals surface area contributed by atoms with Gasteiger partial charge in [-0.05, 0) is 68.0 Å². The second-order valence-electron chi connectivity index (χ2n) is 7.69. The van der Waals surface area contributed by atoms with Gasteiger partial charge < -0.3 is 15.0 Å². The fourth-order valence-electron chi connectivity index (χ4n) is 4.29. The molecule has 2 aliphatic heterocycles. The van der Waals surface area contributed by atoms with Crippen LogP contribution in [0.2, 0.25) is 0 Å². The molecule has 0 aliphatic carbocycles. The van der Waals surface area contributed by atoms with Gasteiger partial charge in [-0.3, -0.25) is 4.79 Å². The molecule has 0 unspecified atom stereocenters. The topological polar surface area (TPSA) is 41.6 Å². The maximum absolute atomic E-state index is 12.1. The van der Waals surface area contributed by atoms with Crippen LogP contribution in [0.25, 0.3) is 11.1 Å². The summed E-state index contributed by atoms with van der Waals surface area (Å²) in [6.07, 6.45) is 4.61. The first kappa shape index (κ1) is 20.7. The average molecular weight is 401 g/mol. The molecule has 0 saturated carbocycles. The monoisotopic (exact) mass is 400 g/mol. The van der Waals surface area contributed by atoms with Gasteiger partial charge in [-0.2, -0.15) is 0 Å². The summed E-state index contributed by atoms with van der Waals surface area (Å²) in [4.78, 5) is 14.7. The molecule has 2 aromatic carbocycles. The maximum Gasteiger partial charge on any atom is 0.251 e. The van der Waals surface area contributed by atoms with E-state index >= 15 is 0 Å². The first-order chi connectivity index (χ1) is 13.2. The van der Waals surface area contributed by atoms with Crippen molar-refractivity contribution in [2.24, 2.45) is 0 Å². The number of amides is 1. The summed E-state index contributed by atoms with van der Waals surface area (Å²) in [5, 5.41) is 2.90. The lowest BCUT2D eigenvalue weighted by atomic mass is 9.93. The molecule has 1 fully saturated rings. The average Bonchev–Trinajstić information content (AvgIpc) is 3.11. The van der Waals surface area contributed by atoms with Crippen molar-refractivity contribution in [2.45, 2.75) is 38.6 Å². The Morgan fingerprint density at radius 3 is 2.64 bits per heavy atom. The highest BCUT2D eigenvalue weighted by molar-refractivity contribution is 5.98. The zero-order valence-electron chi connectivity index (χ0n) is 16.7. The number of carbonyl (C=O) groups excluding carboxylic acids is 1. The second kappa shape index (κ2) is 8.97. The third-order valence-electron chi connectivity index (χ3n) is 5.99. The Labute approximate surface area is 173 Å². The van der Waals surface area contributed by atoms with Gasteiger partial charge in [-0.15, -0.1) is 12.4 Å². The Morgan fingerprint density at radius 1 is 1.18 bits per heavy atom. The summed E-state index contributed by atoms with van der Waals surface area (Å²) in [5.41, 5.74) is 5.40. The molecule has 2 heterocycles. The van der Waals surface area contributed by atoms with Crippen LogP contribution < -0.4 is 10.1 Å². The van der Waals surface area contributed by atoms with E-state index in [0.29, 0.717) is 6.54 Å². The van der Waals surface area contributed by atoms with Gasteiger partial charge in [0.25, 0.3) is 5.91 Å². The highest BCUT2D eigenvalue weighted by atomic mass is 35.5. The summed E-state index contributed by atoms with van der Waals surface area (Å²) in [5.74, 6) is 0.747. The number of carbonyl (C=O) groups is 1. The van der Waals surface area contributed by atoms with Gasteiger partial charge in [0.05, 0.1) is 7.11 Å². The van der Waals surface area contributed by atoms with E-state index in [2.05, 4.69) is 47.5 Å². The number of likely N-dealkylation sites (tertiary alicyclic amines) is 1. The minimum Gasteiger partial charge on any atom is -0.496 e. The Bertz CT molecular complexity index is 835. The van der Waals surface area contributed by atoms with Crippen LogP contribution in [-0.2, 0) is 12.8 Å². The van der Waals surface area contributed by atoms with Gasteiger partial charge in [-0.25, -0.2) is 0 Å². The van der Waals surface area contributed by atoms with Crippen LogP contribution in [-0.4, -0.2) is 43.6 Å². The number of hydrogen-bond donors (Lipinski definition) is 1. The van der Waals surface area contributed by atoms with Gasteiger partial charge in [0, 0.05) is 30.3 Å². The van der Waals surface area contributed by atoms with Crippen molar-refractivity contribution in [2.75, 3.05) is 26.7 Å². The van der Waals surface area contributed by atoms with E-state index in [0.717, 1.165) is 53.4 Å². The number of rotatable bonds is 5. The summed E-state index contributed by atoms with van der Waals surface area (Å²) in [6.45, 7) is 5.40. The summed E-state index contributed by atoms with van der Waals surface area (Å²) in [6, 6.07) is 13.5. The number of hydrogen-bond acceptors (Lipinski definition) is 3. The maximum atomic E-state index is 12.1. The zero-order valence-corrected chi connectivity index (χ0v) is 17.5. The van der Waals surface area contributed by atoms with E-state index in [-0.39, 0.29) is 18.3 Å². The molecule has 0 aromatic heterocycles. The van der Waals surface area contributed by atoms with Crippen molar-refractivity contribution in [3.8, 4) is 16.9 Å². The molecule has 0 radical (unpaired) electrons. The van der Waals surface area contributed by atoms with Gasteiger partial charge in [-0.1, -0.05) is 24.3 Å². The first-order valence-corrected chi connectivity index (χ1v) is 9.98. The number of ether oxygens (including phenoxy) is 1. The first-order valence-electron chi connectivity index (χ1n) is 9.98. The Morgan fingerprint density at radius 2 is 1.96 bits per heavy atom. The zero-order chi connectivity index (χ0) is 18.8. The molecular formula is C23H29ClN2O2. The number of nitrogens with one attached hydrogen (secondary N) is 1. The molecule has 2 aromatic rings. The Hall–Kier alpha value is -2.04. The van der Waals surface area contributed by atoms with Gasteiger partial charge in [0.15, 0.2) is 0 Å². The number of fused-ring (bicyclic) bond motifs is 1. The number of methoxy groups -OCH3 is 1. The van der Waals surface area contributed by atoms with Crippen LogP contribution >= 0.6 is 12.4 Å². The van der Waals surface area contributed by atoms with Crippen LogP contribution in [0.15, 0.2) is 36.4 Å². The third kappa shape index (κ3) is 4.18. The Kier molecular flexibility index (Phi) is 6.63. The van der Waals surface area contributed by atoms with E-state index in [9.17, 15) is 4.79 Å². The lowest BCUT2D eigenvalue weighted by Crippen LogP contribution is -2.31. The predicted octanol–water partition coefficient (Wildman–Crippen LogP) is 4.10. The van der Waals surface area contributed by atoms with E-state index in [4.69, 9.17) is 4.74 Å². The molecule has 0 spiro atoms. The van der Waals surface area contributed by atoms with Crippen molar-refractivity contribution in [1.82, 2.24) is 10.2 Å². The summed E-state index contributed by atoms with van der Waals surface area (Å²) < 4.78 is 5.58. The van der Waals surface area contributed by atoms with Gasteiger partial charge in [0.2, 0.25) is 0 Å². The van der Waals surface area contributed by atoms with E-state index in [1.807, 2.05) is 6.07 Å². The molecule has 1 N–H and O–H groups in total. The molecule has 1 saturated heterocycles. The molecule has 4 nitrogen and oxygen atoms in total. The van der Waals surface area contributed by atoms with Crippen molar-refractivity contribution >= 4 is 18.3 Å². The van der Waals surface area contributed by atoms with Crippen molar-refractivity contribution in [3.63, 3.8) is 0 Å². The van der Waals surface area contributed by atoms with Crippen molar-refractivity contribution < 1.29 is 9.53 Å². The third-order valence-corrected chi connectivity index (χ3v) is 5.99. The van der Waals surface area contributed by atoms with Gasteiger partial charge in [0.1, 0.15) is 5.75 Å². The Balaban J connectivity index is 0.00000225. The molecule has 150 valence electrons. The van der Waals surface area contributed by atoms with Crippen LogP contribution in [0.3, 0.4) is 0 Å². The highest BCUT2D eigenvalue weighted by Gasteiger charge is 2.21. The largest absolute Gasteiger partial charge is 0.496 e. The lowest BCUT2D eigenvalue weighted by Gasteiger charge is -2.21. The number of benzene rings is 2. The lowest BCUT2D eigenvalue weighted by molar-refractivity contribution is 0.0945. The van der Waals surface area contributed by atoms with Crippen LogP contribution in [0.1, 0.15) is 41.3 Å². The van der Waals surface area contributed by atoms with E-state index < -0.39 is 0 Å². The van der Waals surface area contributed by atoms with Gasteiger partial charge >= 0.3 is 0 Å². The number of halogens is 1. The smallest absolute Gasteiger partial charge is 0.251 e. The molecule has 2 aliphatic rings. The minimum absolute atomic E-state index is 0. The van der Waals surface area contributed by atoms with E-state index in [1.165, 1.54) is 24.9 Å². The molecular weight excluding hydrogens is 372 g/mol. The van der Waals surface area contributed by atoms with Crippen molar-refractivity contribution in [1.29, 1.82) is 0 Å². The predicted molar refractivity (Wildman–Crippen MR) is 116 cm³/mol. The molecule has 1 atom stereocenters. The van der Waals surface area contributed by atoms with Crippen LogP contribution in [0.4, 0.5) is 0 Å². The molecule has 4 rings (SSSR count). The molecule has 5 heteroatoms. The quantitative estimate of drug-likeness (QED) is 0.821. The van der Waals surface area contributed by atoms with Crippen LogP contribution in [0, 0.1) is 0 Å². The van der Waals surface area contributed by atoms with Crippen LogP contribution in [0.5, 0.6) is 5.75 Å². The number of nitrogens with zero attached hydrogens (tertiary/aromatic N) is 1. The molecule has 1 amide bonds. The standard InChI is InChI=1S/C23H28N2O2.ClH/c1-16-4-3-12-25(16)13-10-17-5-7-18(8-6-17)20-14-19-9-11-24-23(26)21(19)15-22(20)27-2;/h5-8,14-16H,3-4,9-13H2,1-2H3,(H,24,26);1H/t16-;/m1./s1. The minimum atomic E-state index is -0.00686. The second-order valence-corrected chi connectivity index (χ2v) is 7.69. The van der Waals surface area contributed by atoms with E-state index in [1.54, 1.807) is 7.11 Å². The van der Waals surface area contributed by atoms with Crippen molar-refractivity contribution in [3.05, 3.63) is 53.1 Å². The summed E-state index contributed by atoms with van der Waals surface area (Å²) >= 11 is 0. The fourth-order valence-corrected chi connectivity index (χ4v) is 4.29. The fraction of sp³-hybridized carbons (Fsp3) is 0.435. The molecule has 28 heavy (non-hydrogen) atoms. The normalized spacial score (nSPS) is 18.9. The SMILES string of the molecule is COc1cc2c(cc1-c1ccc(CCN3CCC[C@H]3C)cc1)CCNC2=O.Cl. The summed E-state index contributed by atoms with van der Waals surface area (Å²) in [7, 11) is 1.66. The highest BCUT2D eigenvalue weighted by Crippen LogP contribution is 2.34. The molecule has 0 bridgehead atoms.